The van der Waals surface area contributed by atoms with Crippen molar-refractivity contribution >= 4 is 27.5 Å². The molecule has 0 aliphatic carbocycles. The zero-order chi connectivity index (χ0) is 18.5. The molecule has 0 atom stereocenters. The maximum absolute atomic E-state index is 12.6. The van der Waals surface area contributed by atoms with Gasteiger partial charge in [0.1, 0.15) is 0 Å². The molecule has 6 heteroatoms. The van der Waals surface area contributed by atoms with Crippen molar-refractivity contribution in [2.45, 2.75) is 19.4 Å². The number of carbonyl (C=O) groups is 1. The van der Waals surface area contributed by atoms with E-state index in [0.717, 1.165) is 32.9 Å². The summed E-state index contributed by atoms with van der Waals surface area (Å²) in [5, 5.41) is 7.19. The first-order valence-electron chi connectivity index (χ1n) is 8.35. The van der Waals surface area contributed by atoms with Crippen LogP contribution in [0.5, 0.6) is 0 Å². The SMILES string of the molecule is Cn1cc(-c2nc3cc(C(=O)C(C)(C)N)ccc3c3cnccc23)cn1. The molecule has 0 spiro atoms. The van der Waals surface area contributed by atoms with Gasteiger partial charge in [0.05, 0.1) is 22.9 Å². The minimum atomic E-state index is -0.932. The van der Waals surface area contributed by atoms with Gasteiger partial charge in [-0.1, -0.05) is 12.1 Å². The highest BCUT2D eigenvalue weighted by Gasteiger charge is 2.24. The summed E-state index contributed by atoms with van der Waals surface area (Å²) in [5.41, 5.74) is 8.07. The minimum Gasteiger partial charge on any atom is -0.319 e. The molecule has 0 fully saturated rings. The Balaban J connectivity index is 2.03. The maximum Gasteiger partial charge on any atom is 0.182 e. The molecule has 26 heavy (non-hydrogen) atoms. The normalized spacial score (nSPS) is 12.0. The first kappa shape index (κ1) is 16.4. The van der Waals surface area contributed by atoms with Crippen LogP contribution in [0.1, 0.15) is 24.2 Å². The lowest BCUT2D eigenvalue weighted by Crippen LogP contribution is -2.41. The van der Waals surface area contributed by atoms with E-state index in [-0.39, 0.29) is 5.78 Å². The number of nitrogens with two attached hydrogens (primary N) is 1. The van der Waals surface area contributed by atoms with Crippen LogP contribution in [-0.4, -0.2) is 31.1 Å². The molecule has 4 aromatic rings. The predicted molar refractivity (Wildman–Crippen MR) is 102 cm³/mol. The van der Waals surface area contributed by atoms with Crippen LogP contribution in [0.15, 0.2) is 49.1 Å². The van der Waals surface area contributed by atoms with Gasteiger partial charge in [0.2, 0.25) is 0 Å². The number of aromatic nitrogens is 4. The molecule has 6 nitrogen and oxygen atoms in total. The third-order valence-corrected chi connectivity index (χ3v) is 4.42. The Hall–Kier alpha value is -3.12. The van der Waals surface area contributed by atoms with Crippen LogP contribution in [0.25, 0.3) is 32.9 Å². The number of benzene rings is 1. The quantitative estimate of drug-likeness (QED) is 0.455. The Morgan fingerprint density at radius 3 is 2.62 bits per heavy atom. The Labute approximate surface area is 150 Å². The van der Waals surface area contributed by atoms with Crippen LogP contribution in [0.4, 0.5) is 0 Å². The van der Waals surface area contributed by atoms with Gasteiger partial charge >= 0.3 is 0 Å². The second-order valence-electron chi connectivity index (χ2n) is 7.07. The van der Waals surface area contributed by atoms with Gasteiger partial charge in [0, 0.05) is 52.9 Å². The van der Waals surface area contributed by atoms with E-state index in [1.807, 2.05) is 31.6 Å². The zero-order valence-electron chi connectivity index (χ0n) is 14.9. The maximum atomic E-state index is 12.6. The summed E-state index contributed by atoms with van der Waals surface area (Å²) in [5.74, 6) is -0.115. The lowest BCUT2D eigenvalue weighted by molar-refractivity contribution is 0.0913. The monoisotopic (exact) mass is 345 g/mol. The topological polar surface area (TPSA) is 86.7 Å². The van der Waals surface area contributed by atoms with Crippen molar-refractivity contribution in [2.75, 3.05) is 0 Å². The third kappa shape index (κ3) is 2.64. The molecule has 0 saturated heterocycles. The second-order valence-corrected chi connectivity index (χ2v) is 7.07. The van der Waals surface area contributed by atoms with Crippen molar-refractivity contribution in [3.63, 3.8) is 0 Å². The summed E-state index contributed by atoms with van der Waals surface area (Å²) < 4.78 is 1.74. The fourth-order valence-corrected chi connectivity index (χ4v) is 3.12. The molecular formula is C20H19N5O. The van der Waals surface area contributed by atoms with E-state index in [0.29, 0.717) is 5.56 Å². The summed E-state index contributed by atoms with van der Waals surface area (Å²) in [6.45, 7) is 3.41. The highest BCUT2D eigenvalue weighted by Crippen LogP contribution is 2.32. The number of ketones is 1. The van der Waals surface area contributed by atoms with Crippen LogP contribution in [0.2, 0.25) is 0 Å². The van der Waals surface area contributed by atoms with Crippen LogP contribution in [-0.2, 0) is 7.05 Å². The molecule has 3 aromatic heterocycles. The van der Waals surface area contributed by atoms with Gasteiger partial charge < -0.3 is 5.73 Å². The van der Waals surface area contributed by atoms with Crippen LogP contribution >= 0.6 is 0 Å². The molecule has 0 saturated carbocycles. The number of fused-ring (bicyclic) bond motifs is 3. The first-order valence-corrected chi connectivity index (χ1v) is 8.35. The van der Waals surface area contributed by atoms with E-state index in [4.69, 9.17) is 10.7 Å². The molecule has 3 heterocycles. The van der Waals surface area contributed by atoms with E-state index in [1.54, 1.807) is 43.1 Å². The standard InChI is InChI=1S/C20H19N5O/c1-20(2,21)19(26)12-4-5-14-16-10-22-7-6-15(16)18(24-17(14)8-12)13-9-23-25(3)11-13/h4-11H,21H2,1-3H3. The molecule has 130 valence electrons. The molecule has 0 aliphatic rings. The van der Waals surface area contributed by atoms with Crippen LogP contribution in [0, 0.1) is 0 Å². The summed E-state index contributed by atoms with van der Waals surface area (Å²) in [7, 11) is 1.87. The molecule has 0 aliphatic heterocycles. The summed E-state index contributed by atoms with van der Waals surface area (Å²) in [6.07, 6.45) is 7.29. The van der Waals surface area contributed by atoms with Crippen molar-refractivity contribution in [3.05, 3.63) is 54.6 Å². The van der Waals surface area contributed by atoms with Crippen LogP contribution in [0.3, 0.4) is 0 Å². The van der Waals surface area contributed by atoms with E-state index in [9.17, 15) is 4.79 Å². The van der Waals surface area contributed by atoms with Gasteiger partial charge in [-0.25, -0.2) is 4.98 Å². The highest BCUT2D eigenvalue weighted by molar-refractivity contribution is 6.12. The molecule has 0 radical (unpaired) electrons. The summed E-state index contributed by atoms with van der Waals surface area (Å²) in [4.78, 5) is 21.7. The minimum absolute atomic E-state index is 0.115. The van der Waals surface area contributed by atoms with E-state index in [1.165, 1.54) is 0 Å². The third-order valence-electron chi connectivity index (χ3n) is 4.42. The van der Waals surface area contributed by atoms with Gasteiger partial charge in [-0.05, 0) is 26.0 Å². The Morgan fingerprint density at radius 2 is 1.92 bits per heavy atom. The molecular weight excluding hydrogens is 326 g/mol. The number of Topliss-reactive ketones (excluding diaryl/α,β-unsaturated/α-hetero) is 1. The molecule has 2 N–H and O–H groups in total. The van der Waals surface area contributed by atoms with Gasteiger partial charge in [-0.2, -0.15) is 5.10 Å². The number of hydrogen-bond donors (Lipinski definition) is 1. The number of rotatable bonds is 3. The van der Waals surface area contributed by atoms with E-state index >= 15 is 0 Å². The lowest BCUT2D eigenvalue weighted by Gasteiger charge is -2.17. The number of pyridine rings is 2. The smallest absolute Gasteiger partial charge is 0.182 e. The average Bonchev–Trinajstić information content (AvgIpc) is 3.05. The zero-order valence-corrected chi connectivity index (χ0v) is 14.9. The van der Waals surface area contributed by atoms with Crippen molar-refractivity contribution in [1.29, 1.82) is 0 Å². The fourth-order valence-electron chi connectivity index (χ4n) is 3.12. The molecule has 0 unspecified atom stereocenters. The summed E-state index contributed by atoms with van der Waals surface area (Å²) in [6, 6.07) is 7.47. The van der Waals surface area contributed by atoms with Crippen molar-refractivity contribution in [1.82, 2.24) is 19.7 Å². The lowest BCUT2D eigenvalue weighted by atomic mass is 9.93. The molecule has 0 amide bonds. The number of aryl methyl sites for hydroxylation is 1. The average molecular weight is 345 g/mol. The van der Waals surface area contributed by atoms with Gasteiger partial charge in [0.25, 0.3) is 0 Å². The molecule has 0 bridgehead atoms. The van der Waals surface area contributed by atoms with Gasteiger partial charge in [0.15, 0.2) is 5.78 Å². The van der Waals surface area contributed by atoms with Crippen LogP contribution < -0.4 is 5.73 Å². The van der Waals surface area contributed by atoms with E-state index in [2.05, 4.69) is 10.1 Å². The first-order chi connectivity index (χ1) is 12.3. The Morgan fingerprint density at radius 1 is 1.12 bits per heavy atom. The van der Waals surface area contributed by atoms with Crippen molar-refractivity contribution in [2.24, 2.45) is 12.8 Å². The predicted octanol–water partition coefficient (Wildman–Crippen LogP) is 3.10. The van der Waals surface area contributed by atoms with E-state index < -0.39 is 5.54 Å². The Bertz CT molecular complexity index is 1150. The fraction of sp³-hybridized carbons (Fsp3) is 0.200. The largest absolute Gasteiger partial charge is 0.319 e. The summed E-state index contributed by atoms with van der Waals surface area (Å²) >= 11 is 0. The van der Waals surface area contributed by atoms with Crippen molar-refractivity contribution < 1.29 is 4.79 Å². The second kappa shape index (κ2) is 5.71. The highest BCUT2D eigenvalue weighted by atomic mass is 16.1. The van der Waals surface area contributed by atoms with Gasteiger partial charge in [-0.15, -0.1) is 0 Å². The van der Waals surface area contributed by atoms with Crippen molar-refractivity contribution in [3.8, 4) is 11.3 Å². The Kier molecular flexibility index (Phi) is 3.59. The van der Waals surface area contributed by atoms with Gasteiger partial charge in [-0.3, -0.25) is 14.5 Å². The number of nitrogens with zero attached hydrogens (tertiary/aromatic N) is 4. The molecule has 1 aromatic carbocycles. The number of carbonyl (C=O) groups excluding carboxylic acids is 1. The molecule has 4 rings (SSSR count). The number of hydrogen-bond acceptors (Lipinski definition) is 5.